The van der Waals surface area contributed by atoms with Gasteiger partial charge in [-0.15, -0.1) is 5.10 Å². The average Bonchev–Trinajstić information content (AvgIpc) is 3.52. The largest absolute Gasteiger partial charge is 0.495 e. The molecule has 2 fully saturated rings. The number of likely N-dealkylation sites (tertiary alicyclic amines) is 2. The minimum atomic E-state index is -0.540. The van der Waals surface area contributed by atoms with Gasteiger partial charge in [-0.2, -0.15) is 5.26 Å². The predicted octanol–water partition coefficient (Wildman–Crippen LogP) is 3.91. The van der Waals surface area contributed by atoms with Gasteiger partial charge < -0.3 is 29.3 Å². The van der Waals surface area contributed by atoms with Gasteiger partial charge in [0.15, 0.2) is 0 Å². The zero-order valence-corrected chi connectivity index (χ0v) is 27.4. The van der Waals surface area contributed by atoms with E-state index in [1.54, 1.807) is 57.2 Å². The Bertz CT molecular complexity index is 1840. The Balaban J connectivity index is 1.06. The van der Waals surface area contributed by atoms with Crippen molar-refractivity contribution in [1.29, 1.82) is 5.26 Å². The van der Waals surface area contributed by atoms with Crippen LogP contribution in [-0.2, 0) is 11.3 Å². The molecule has 2 amide bonds. The molecule has 2 aromatic carbocycles. The molecule has 1 N–H and O–H groups in total. The van der Waals surface area contributed by atoms with Crippen LogP contribution in [0.1, 0.15) is 43.6 Å². The number of nitriles is 1. The number of hydrogen-bond donors (Lipinski definition) is 1. The highest BCUT2D eigenvalue weighted by Gasteiger charge is 2.55. The second-order valence-electron chi connectivity index (χ2n) is 13.1. The summed E-state index contributed by atoms with van der Waals surface area (Å²) in [5.74, 6) is 1.13. The first-order valence-electron chi connectivity index (χ1n) is 15.4. The summed E-state index contributed by atoms with van der Waals surface area (Å²) in [6.45, 7) is 10.1. The van der Waals surface area contributed by atoms with Crippen molar-refractivity contribution in [3.05, 3.63) is 66.2 Å². The molecule has 4 aromatic rings. The molecular weight excluding hydrogens is 616 g/mol. The van der Waals surface area contributed by atoms with E-state index in [4.69, 9.17) is 14.2 Å². The standard InChI is InChI=1S/C33H36N10O5/c1-21(15-43-20-37-39-40-43)47-27-10-22(6-7-24(27)12-34)25-13-35-30(36-14-25)38-26-9-8-23(11-28(26)46-5)29(44)41-16-33(17-41)18-42(19-33)31(45)48-32(2,3)4/h6-11,13-14,20-21H,15-19H2,1-5H3,(H,35,36,38)/t21-/m0/s1. The van der Waals surface area contributed by atoms with Crippen molar-refractivity contribution in [2.75, 3.05) is 38.6 Å². The summed E-state index contributed by atoms with van der Waals surface area (Å²) in [6.07, 6.45) is 4.22. The van der Waals surface area contributed by atoms with Crippen molar-refractivity contribution in [1.82, 2.24) is 40.0 Å². The molecule has 15 heteroatoms. The van der Waals surface area contributed by atoms with E-state index in [9.17, 15) is 14.9 Å². The summed E-state index contributed by atoms with van der Waals surface area (Å²) >= 11 is 0. The maximum Gasteiger partial charge on any atom is 0.410 e. The lowest BCUT2D eigenvalue weighted by molar-refractivity contribution is -0.0980. The topological polar surface area (TPSA) is 174 Å². The van der Waals surface area contributed by atoms with Gasteiger partial charge in [0.2, 0.25) is 5.95 Å². The Kier molecular flexibility index (Phi) is 8.57. The summed E-state index contributed by atoms with van der Waals surface area (Å²) in [4.78, 5) is 37.9. The summed E-state index contributed by atoms with van der Waals surface area (Å²) < 4.78 is 18.6. The zero-order valence-electron chi connectivity index (χ0n) is 27.4. The van der Waals surface area contributed by atoms with Crippen molar-refractivity contribution < 1.29 is 23.8 Å². The van der Waals surface area contributed by atoms with E-state index in [1.165, 1.54) is 13.4 Å². The van der Waals surface area contributed by atoms with Gasteiger partial charge in [0.25, 0.3) is 5.91 Å². The Labute approximate surface area is 277 Å². The molecule has 1 spiro atoms. The minimum absolute atomic E-state index is 0.0665. The molecule has 15 nitrogen and oxygen atoms in total. The highest BCUT2D eigenvalue weighted by Crippen LogP contribution is 2.41. The predicted molar refractivity (Wildman–Crippen MR) is 173 cm³/mol. The maximum absolute atomic E-state index is 13.2. The number of benzene rings is 2. The first kappa shape index (κ1) is 32.2. The number of tetrazole rings is 1. The molecule has 2 aromatic heterocycles. The van der Waals surface area contributed by atoms with Crippen molar-refractivity contribution in [3.63, 3.8) is 0 Å². The van der Waals surface area contributed by atoms with Gasteiger partial charge in [0.1, 0.15) is 35.6 Å². The lowest BCUT2D eigenvalue weighted by Crippen LogP contribution is -2.73. The van der Waals surface area contributed by atoms with Gasteiger partial charge in [0, 0.05) is 55.1 Å². The number of anilines is 2. The van der Waals surface area contributed by atoms with Crippen molar-refractivity contribution in [2.45, 2.75) is 45.9 Å². The molecule has 0 aliphatic carbocycles. The first-order chi connectivity index (χ1) is 22.9. The quantitative estimate of drug-likeness (QED) is 0.277. The third kappa shape index (κ3) is 6.97. The van der Waals surface area contributed by atoms with Crippen molar-refractivity contribution in [2.24, 2.45) is 5.41 Å². The third-order valence-corrected chi connectivity index (χ3v) is 7.99. The first-order valence-corrected chi connectivity index (χ1v) is 15.4. The van der Waals surface area contributed by atoms with Crippen LogP contribution in [0.25, 0.3) is 11.1 Å². The number of amides is 2. The van der Waals surface area contributed by atoms with Crippen molar-refractivity contribution >= 4 is 23.6 Å². The van der Waals surface area contributed by atoms with E-state index in [2.05, 4.69) is 36.9 Å². The number of aromatic nitrogens is 6. The molecule has 1 atom stereocenters. The molecule has 0 radical (unpaired) electrons. The Hall–Kier alpha value is -5.78. The number of carbonyl (C=O) groups excluding carboxylic acids is 2. The normalized spacial score (nSPS) is 15.5. The molecule has 2 aliphatic heterocycles. The molecule has 248 valence electrons. The zero-order chi connectivity index (χ0) is 34.1. The number of ether oxygens (including phenoxy) is 3. The number of nitrogens with zero attached hydrogens (tertiary/aromatic N) is 9. The van der Waals surface area contributed by atoms with Crippen molar-refractivity contribution in [3.8, 4) is 28.7 Å². The third-order valence-electron chi connectivity index (χ3n) is 7.99. The fraction of sp³-hybridized carbons (Fsp3) is 0.394. The maximum atomic E-state index is 13.2. The van der Waals surface area contributed by atoms with Crippen LogP contribution in [0, 0.1) is 16.7 Å². The Morgan fingerprint density at radius 1 is 1.02 bits per heavy atom. The van der Waals surface area contributed by atoms with E-state index in [1.807, 2.05) is 33.8 Å². The van der Waals surface area contributed by atoms with Crippen LogP contribution < -0.4 is 14.8 Å². The van der Waals surface area contributed by atoms with Gasteiger partial charge in [0.05, 0.1) is 24.9 Å². The SMILES string of the molecule is COc1cc(C(=O)N2CC3(CN(C(=O)OC(C)(C)C)C3)C2)ccc1Nc1ncc(-c2ccc(C#N)c(O[C@@H](C)Cn3cnnn3)c2)cn1. The molecular formula is C33H36N10O5. The molecule has 0 bridgehead atoms. The number of rotatable bonds is 9. The fourth-order valence-corrected chi connectivity index (χ4v) is 5.77. The van der Waals surface area contributed by atoms with Gasteiger partial charge in [-0.3, -0.25) is 4.79 Å². The van der Waals surface area contributed by atoms with Crippen LogP contribution in [0.3, 0.4) is 0 Å². The van der Waals surface area contributed by atoms with Gasteiger partial charge >= 0.3 is 6.09 Å². The Morgan fingerprint density at radius 3 is 2.40 bits per heavy atom. The average molecular weight is 653 g/mol. The summed E-state index contributed by atoms with van der Waals surface area (Å²) in [5.41, 5.74) is 2.39. The number of nitrogens with one attached hydrogen (secondary N) is 1. The van der Waals surface area contributed by atoms with Crippen LogP contribution in [0.4, 0.5) is 16.4 Å². The molecule has 0 unspecified atom stereocenters. The van der Waals surface area contributed by atoms with Crippen LogP contribution in [0.2, 0.25) is 0 Å². The molecule has 48 heavy (non-hydrogen) atoms. The highest BCUT2D eigenvalue weighted by molar-refractivity contribution is 5.96. The molecule has 6 rings (SSSR count). The van der Waals surface area contributed by atoms with E-state index in [0.29, 0.717) is 67.0 Å². The second kappa shape index (κ2) is 12.8. The van der Waals surface area contributed by atoms with Gasteiger partial charge in [-0.1, -0.05) is 6.07 Å². The van der Waals surface area contributed by atoms with E-state index < -0.39 is 5.60 Å². The monoisotopic (exact) mass is 652 g/mol. The smallest absolute Gasteiger partial charge is 0.410 e. The van der Waals surface area contributed by atoms with E-state index in [0.717, 1.165) is 11.1 Å². The summed E-state index contributed by atoms with van der Waals surface area (Å²) in [5, 5.41) is 23.9. The summed E-state index contributed by atoms with van der Waals surface area (Å²) in [6, 6.07) is 12.6. The molecule has 2 saturated heterocycles. The van der Waals surface area contributed by atoms with Crippen LogP contribution in [0.15, 0.2) is 55.1 Å². The van der Waals surface area contributed by atoms with E-state index >= 15 is 0 Å². The van der Waals surface area contributed by atoms with Gasteiger partial charge in [-0.25, -0.2) is 19.4 Å². The fourth-order valence-electron chi connectivity index (χ4n) is 5.77. The Morgan fingerprint density at radius 2 is 1.75 bits per heavy atom. The number of hydrogen-bond acceptors (Lipinski definition) is 12. The number of carbonyl (C=O) groups is 2. The lowest BCUT2D eigenvalue weighted by Gasteiger charge is -2.59. The lowest BCUT2D eigenvalue weighted by atomic mass is 9.73. The minimum Gasteiger partial charge on any atom is -0.495 e. The van der Waals surface area contributed by atoms with E-state index in [-0.39, 0.29) is 23.5 Å². The number of methoxy groups -OCH3 is 1. The molecule has 2 aliphatic rings. The summed E-state index contributed by atoms with van der Waals surface area (Å²) in [7, 11) is 1.53. The van der Waals surface area contributed by atoms with Crippen LogP contribution in [0.5, 0.6) is 11.5 Å². The second-order valence-corrected chi connectivity index (χ2v) is 13.1. The molecule has 4 heterocycles. The molecule has 0 saturated carbocycles. The van der Waals surface area contributed by atoms with Gasteiger partial charge in [-0.05, 0) is 74.0 Å². The highest BCUT2D eigenvalue weighted by atomic mass is 16.6. The van der Waals surface area contributed by atoms with Crippen LogP contribution in [-0.4, -0.2) is 97.0 Å². The van der Waals surface area contributed by atoms with Crippen LogP contribution >= 0.6 is 0 Å².